The number of aromatic nitrogens is 2. The fourth-order valence-corrected chi connectivity index (χ4v) is 3.61. The van der Waals surface area contributed by atoms with Gasteiger partial charge in [0, 0.05) is 44.8 Å². The van der Waals surface area contributed by atoms with E-state index in [1.165, 1.54) is 12.4 Å². The number of alkyl halides is 3. The molecule has 9 heteroatoms. The highest BCUT2D eigenvalue weighted by molar-refractivity contribution is 5.93. The summed E-state index contributed by atoms with van der Waals surface area (Å²) >= 11 is 0. The van der Waals surface area contributed by atoms with Crippen molar-refractivity contribution in [2.45, 2.75) is 57.3 Å². The predicted molar refractivity (Wildman–Crippen MR) is 87.4 cm³/mol. The molecule has 0 radical (unpaired) electrons. The minimum absolute atomic E-state index is 0.182. The molecule has 2 fully saturated rings. The summed E-state index contributed by atoms with van der Waals surface area (Å²) in [6.07, 6.45) is 1.53. The lowest BCUT2D eigenvalue weighted by molar-refractivity contribution is -0.137. The average Bonchev–Trinajstić information content (AvgIpc) is 3.08. The van der Waals surface area contributed by atoms with Gasteiger partial charge in [0.2, 0.25) is 5.91 Å². The molecule has 0 bridgehead atoms. The molecular weight excluding hydrogens is 349 g/mol. The predicted octanol–water partition coefficient (Wildman–Crippen LogP) is 2.45. The average molecular weight is 372 g/mol. The molecule has 2 aliphatic heterocycles. The Morgan fingerprint density at radius 1 is 1.19 bits per heavy atom. The number of amides is 2. The van der Waals surface area contributed by atoms with Gasteiger partial charge in [-0.1, -0.05) is 0 Å². The topological polar surface area (TPSA) is 58.4 Å². The van der Waals surface area contributed by atoms with Crippen LogP contribution >= 0.6 is 0 Å². The summed E-state index contributed by atoms with van der Waals surface area (Å²) in [7, 11) is 0. The van der Waals surface area contributed by atoms with Crippen LogP contribution in [0.15, 0.2) is 12.4 Å². The molecule has 26 heavy (non-hydrogen) atoms. The van der Waals surface area contributed by atoms with Gasteiger partial charge in [-0.3, -0.25) is 14.3 Å². The number of likely N-dealkylation sites (tertiary alicyclic amines) is 2. The highest BCUT2D eigenvalue weighted by Crippen LogP contribution is 2.23. The van der Waals surface area contributed by atoms with E-state index in [0.29, 0.717) is 25.1 Å². The molecule has 0 aliphatic carbocycles. The van der Waals surface area contributed by atoms with Crippen LogP contribution in [0.2, 0.25) is 0 Å². The molecule has 0 aromatic carbocycles. The van der Waals surface area contributed by atoms with Crippen molar-refractivity contribution < 1.29 is 22.8 Å². The number of carbonyl (C=O) groups excluding carboxylic acids is 2. The second kappa shape index (κ2) is 7.67. The van der Waals surface area contributed by atoms with E-state index in [-0.39, 0.29) is 24.4 Å². The normalized spacial score (nSPS) is 19.9. The summed E-state index contributed by atoms with van der Waals surface area (Å²) in [4.78, 5) is 28.2. The molecule has 2 aliphatic rings. The number of aryl methyl sites for hydroxylation is 1. The highest BCUT2D eigenvalue weighted by atomic mass is 19.4. The largest absolute Gasteiger partial charge is 0.390 e. The fourth-order valence-electron chi connectivity index (χ4n) is 3.61. The molecule has 0 atom stereocenters. The zero-order valence-electron chi connectivity index (χ0n) is 14.5. The Bertz CT molecular complexity index is 651. The van der Waals surface area contributed by atoms with Crippen LogP contribution in [0, 0.1) is 0 Å². The summed E-state index contributed by atoms with van der Waals surface area (Å²) < 4.78 is 38.0. The van der Waals surface area contributed by atoms with Gasteiger partial charge in [0.25, 0.3) is 5.91 Å². The Balaban J connectivity index is 1.52. The lowest BCUT2D eigenvalue weighted by Gasteiger charge is -2.40. The van der Waals surface area contributed by atoms with E-state index < -0.39 is 12.6 Å². The van der Waals surface area contributed by atoms with Crippen LogP contribution < -0.4 is 0 Å². The van der Waals surface area contributed by atoms with Crippen molar-refractivity contribution in [1.82, 2.24) is 19.6 Å². The third-order valence-electron chi connectivity index (χ3n) is 5.06. The summed E-state index contributed by atoms with van der Waals surface area (Å²) in [6, 6.07) is 0.182. The standard InChI is InChI=1S/C17H23F3N4O2/c18-17(19,20)6-10-23-12-13(11-21-23)16(26)22-8-4-14(5-9-22)24-7-2-1-3-15(24)25/h11-12,14H,1-10H2. The first-order chi connectivity index (χ1) is 12.3. The monoisotopic (exact) mass is 372 g/mol. The maximum absolute atomic E-state index is 12.5. The van der Waals surface area contributed by atoms with E-state index in [2.05, 4.69) is 5.10 Å². The van der Waals surface area contributed by atoms with E-state index >= 15 is 0 Å². The molecule has 1 aromatic heterocycles. The summed E-state index contributed by atoms with van der Waals surface area (Å²) in [5.41, 5.74) is 0.305. The fraction of sp³-hybridized carbons (Fsp3) is 0.706. The second-order valence-corrected chi connectivity index (χ2v) is 6.92. The van der Waals surface area contributed by atoms with Gasteiger partial charge in [0.15, 0.2) is 0 Å². The van der Waals surface area contributed by atoms with E-state index in [9.17, 15) is 22.8 Å². The van der Waals surface area contributed by atoms with Crippen molar-refractivity contribution in [3.8, 4) is 0 Å². The Morgan fingerprint density at radius 3 is 2.58 bits per heavy atom. The van der Waals surface area contributed by atoms with Crippen LogP contribution in [0.3, 0.4) is 0 Å². The Labute approximate surface area is 149 Å². The quantitative estimate of drug-likeness (QED) is 0.816. The smallest absolute Gasteiger partial charge is 0.340 e. The molecular formula is C17H23F3N4O2. The van der Waals surface area contributed by atoms with Crippen LogP contribution in [0.25, 0.3) is 0 Å². The van der Waals surface area contributed by atoms with Gasteiger partial charge in [-0.05, 0) is 25.7 Å². The maximum Gasteiger partial charge on any atom is 0.390 e. The van der Waals surface area contributed by atoms with Crippen LogP contribution in [-0.4, -0.2) is 63.2 Å². The number of rotatable bonds is 4. The number of halogens is 3. The third-order valence-corrected chi connectivity index (χ3v) is 5.06. The van der Waals surface area contributed by atoms with Crippen molar-refractivity contribution in [2.75, 3.05) is 19.6 Å². The number of hydrogen-bond donors (Lipinski definition) is 0. The van der Waals surface area contributed by atoms with Gasteiger partial charge >= 0.3 is 6.18 Å². The number of piperidine rings is 2. The number of nitrogens with zero attached hydrogens (tertiary/aromatic N) is 4. The molecule has 0 saturated carbocycles. The maximum atomic E-state index is 12.5. The zero-order valence-corrected chi connectivity index (χ0v) is 14.5. The molecule has 2 amide bonds. The molecule has 1 aromatic rings. The zero-order chi connectivity index (χ0) is 18.7. The lowest BCUT2D eigenvalue weighted by atomic mass is 9.99. The molecule has 2 saturated heterocycles. The van der Waals surface area contributed by atoms with Crippen molar-refractivity contribution in [2.24, 2.45) is 0 Å². The lowest BCUT2D eigenvalue weighted by Crippen LogP contribution is -2.50. The van der Waals surface area contributed by atoms with Gasteiger partial charge in [0.1, 0.15) is 0 Å². The molecule has 0 N–H and O–H groups in total. The first kappa shape index (κ1) is 18.7. The van der Waals surface area contributed by atoms with Gasteiger partial charge in [-0.2, -0.15) is 18.3 Å². The summed E-state index contributed by atoms with van der Waals surface area (Å²) in [6.45, 7) is 1.58. The van der Waals surface area contributed by atoms with E-state index in [0.717, 1.165) is 36.9 Å². The van der Waals surface area contributed by atoms with E-state index in [1.54, 1.807) is 4.90 Å². The van der Waals surface area contributed by atoms with Gasteiger partial charge in [-0.25, -0.2) is 0 Å². The first-order valence-corrected chi connectivity index (χ1v) is 9.01. The van der Waals surface area contributed by atoms with Crippen LogP contribution in [0.4, 0.5) is 13.2 Å². The minimum Gasteiger partial charge on any atom is -0.340 e. The Hall–Kier alpha value is -2.06. The molecule has 6 nitrogen and oxygen atoms in total. The van der Waals surface area contributed by atoms with Gasteiger partial charge in [0.05, 0.1) is 18.2 Å². The van der Waals surface area contributed by atoms with Crippen molar-refractivity contribution in [1.29, 1.82) is 0 Å². The van der Waals surface area contributed by atoms with Crippen molar-refractivity contribution in [3.63, 3.8) is 0 Å². The second-order valence-electron chi connectivity index (χ2n) is 6.92. The van der Waals surface area contributed by atoms with E-state index in [1.807, 2.05) is 4.90 Å². The molecule has 0 spiro atoms. The van der Waals surface area contributed by atoms with Crippen molar-refractivity contribution >= 4 is 11.8 Å². The van der Waals surface area contributed by atoms with Crippen LogP contribution in [0.1, 0.15) is 48.9 Å². The summed E-state index contributed by atoms with van der Waals surface area (Å²) in [5.74, 6) is -0.0151. The molecule has 3 rings (SSSR count). The Kier molecular flexibility index (Phi) is 5.52. The van der Waals surface area contributed by atoms with E-state index in [4.69, 9.17) is 0 Å². The first-order valence-electron chi connectivity index (χ1n) is 9.01. The third kappa shape index (κ3) is 4.56. The van der Waals surface area contributed by atoms with Crippen LogP contribution in [-0.2, 0) is 11.3 Å². The number of carbonyl (C=O) groups is 2. The van der Waals surface area contributed by atoms with Gasteiger partial charge < -0.3 is 9.80 Å². The Morgan fingerprint density at radius 2 is 1.92 bits per heavy atom. The molecule has 3 heterocycles. The molecule has 0 unspecified atom stereocenters. The van der Waals surface area contributed by atoms with Gasteiger partial charge in [-0.15, -0.1) is 0 Å². The minimum atomic E-state index is -4.25. The molecule has 144 valence electrons. The number of hydrogen-bond acceptors (Lipinski definition) is 3. The highest BCUT2D eigenvalue weighted by Gasteiger charge is 2.31. The SMILES string of the molecule is O=C(c1cnn(CCC(F)(F)F)c1)N1CCC(N2CCCCC2=O)CC1. The van der Waals surface area contributed by atoms with Crippen LogP contribution in [0.5, 0.6) is 0 Å². The summed E-state index contributed by atoms with van der Waals surface area (Å²) in [5, 5.41) is 3.85. The van der Waals surface area contributed by atoms with Crippen molar-refractivity contribution in [3.05, 3.63) is 18.0 Å².